The van der Waals surface area contributed by atoms with Crippen LogP contribution >= 0.6 is 0 Å². The van der Waals surface area contributed by atoms with Gasteiger partial charge in [-0.25, -0.2) is 0 Å². The minimum atomic E-state index is -0.130. The van der Waals surface area contributed by atoms with Gasteiger partial charge in [0.1, 0.15) is 0 Å². The van der Waals surface area contributed by atoms with Crippen LogP contribution in [0.4, 0.5) is 0 Å². The maximum Gasteiger partial charge on any atom is 0.0583 e. The molecule has 80 valence electrons. The third-order valence-electron chi connectivity index (χ3n) is 1.86. The molecule has 0 aliphatic carbocycles. The molecule has 0 heterocycles. The Bertz CT molecular complexity index is 121. The van der Waals surface area contributed by atoms with Gasteiger partial charge in [-0.1, -0.05) is 20.8 Å². The first-order valence-electron chi connectivity index (χ1n) is 4.90. The number of hydrogen-bond acceptors (Lipinski definition) is 3. The molecule has 0 amide bonds. The standard InChI is InChI=1S/C10H23NO2/c1-10(2,3)5-7-13-6-4-9(11)8-12/h9,12H,4-8,11H2,1-3H3. The number of rotatable bonds is 6. The number of nitrogens with two attached hydrogens (primary N) is 1. The second-order valence-corrected chi connectivity index (χ2v) is 4.65. The van der Waals surface area contributed by atoms with Gasteiger partial charge >= 0.3 is 0 Å². The SMILES string of the molecule is CC(C)(C)CCOCCC(N)CO. The van der Waals surface area contributed by atoms with Crippen molar-refractivity contribution < 1.29 is 9.84 Å². The smallest absolute Gasteiger partial charge is 0.0583 e. The summed E-state index contributed by atoms with van der Waals surface area (Å²) in [7, 11) is 0. The van der Waals surface area contributed by atoms with E-state index in [0.29, 0.717) is 12.0 Å². The maximum atomic E-state index is 8.64. The Labute approximate surface area is 81.3 Å². The molecule has 0 saturated carbocycles. The molecule has 1 atom stereocenters. The molecule has 0 bridgehead atoms. The van der Waals surface area contributed by atoms with Crippen LogP contribution in [-0.2, 0) is 4.74 Å². The van der Waals surface area contributed by atoms with Crippen molar-refractivity contribution in [2.24, 2.45) is 11.1 Å². The minimum Gasteiger partial charge on any atom is -0.395 e. The first-order valence-corrected chi connectivity index (χ1v) is 4.90. The molecule has 3 heteroatoms. The van der Waals surface area contributed by atoms with E-state index in [4.69, 9.17) is 15.6 Å². The largest absolute Gasteiger partial charge is 0.395 e. The molecule has 0 aliphatic rings. The van der Waals surface area contributed by atoms with Crippen molar-refractivity contribution in [2.45, 2.75) is 39.7 Å². The highest BCUT2D eigenvalue weighted by atomic mass is 16.5. The molecule has 0 aromatic rings. The van der Waals surface area contributed by atoms with Crippen molar-refractivity contribution in [2.75, 3.05) is 19.8 Å². The Morgan fingerprint density at radius 3 is 2.38 bits per heavy atom. The first kappa shape index (κ1) is 12.9. The van der Waals surface area contributed by atoms with Crippen LogP contribution in [0.25, 0.3) is 0 Å². The van der Waals surface area contributed by atoms with Crippen molar-refractivity contribution in [3.8, 4) is 0 Å². The van der Waals surface area contributed by atoms with Gasteiger partial charge in [0.05, 0.1) is 6.61 Å². The van der Waals surface area contributed by atoms with Gasteiger partial charge in [-0.2, -0.15) is 0 Å². The molecule has 0 rings (SSSR count). The van der Waals surface area contributed by atoms with E-state index in [1.165, 1.54) is 0 Å². The summed E-state index contributed by atoms with van der Waals surface area (Å²) in [6, 6.07) is -0.130. The van der Waals surface area contributed by atoms with E-state index in [1.807, 2.05) is 0 Å². The lowest BCUT2D eigenvalue weighted by Gasteiger charge is -2.17. The third-order valence-corrected chi connectivity index (χ3v) is 1.86. The van der Waals surface area contributed by atoms with Gasteiger partial charge in [0, 0.05) is 19.3 Å². The monoisotopic (exact) mass is 189 g/mol. The van der Waals surface area contributed by atoms with Crippen LogP contribution in [0.15, 0.2) is 0 Å². The topological polar surface area (TPSA) is 55.5 Å². The van der Waals surface area contributed by atoms with Gasteiger partial charge in [0.15, 0.2) is 0 Å². The highest BCUT2D eigenvalue weighted by Crippen LogP contribution is 2.17. The molecule has 0 aliphatic heterocycles. The fraction of sp³-hybridized carbons (Fsp3) is 1.00. The lowest BCUT2D eigenvalue weighted by molar-refractivity contribution is 0.0975. The average molecular weight is 189 g/mol. The number of aliphatic hydroxyl groups is 1. The van der Waals surface area contributed by atoms with E-state index in [1.54, 1.807) is 0 Å². The molecule has 0 aromatic heterocycles. The van der Waals surface area contributed by atoms with E-state index in [9.17, 15) is 0 Å². The minimum absolute atomic E-state index is 0.0443. The molecule has 1 unspecified atom stereocenters. The second kappa shape index (κ2) is 6.35. The summed E-state index contributed by atoms with van der Waals surface area (Å²) in [5.41, 5.74) is 5.84. The van der Waals surface area contributed by atoms with Crippen molar-refractivity contribution >= 4 is 0 Å². The summed E-state index contributed by atoms with van der Waals surface area (Å²) in [6.45, 7) is 8.05. The van der Waals surface area contributed by atoms with Crippen molar-refractivity contribution in [1.82, 2.24) is 0 Å². The van der Waals surface area contributed by atoms with Crippen LogP contribution in [0.3, 0.4) is 0 Å². The summed E-state index contributed by atoms with van der Waals surface area (Å²) < 4.78 is 5.39. The Balaban J connectivity index is 3.18. The molecule has 0 aromatic carbocycles. The number of aliphatic hydroxyl groups excluding tert-OH is 1. The van der Waals surface area contributed by atoms with E-state index in [2.05, 4.69) is 20.8 Å². The van der Waals surface area contributed by atoms with Gasteiger partial charge in [-0.3, -0.25) is 0 Å². The molecule has 3 nitrogen and oxygen atoms in total. The molecule has 13 heavy (non-hydrogen) atoms. The van der Waals surface area contributed by atoms with E-state index in [-0.39, 0.29) is 12.6 Å². The summed E-state index contributed by atoms with van der Waals surface area (Å²) in [4.78, 5) is 0. The molecular formula is C10H23NO2. The highest BCUT2D eigenvalue weighted by molar-refractivity contribution is 4.61. The second-order valence-electron chi connectivity index (χ2n) is 4.65. The molecule has 0 radical (unpaired) electrons. The van der Waals surface area contributed by atoms with Crippen molar-refractivity contribution in [3.05, 3.63) is 0 Å². The summed E-state index contributed by atoms with van der Waals surface area (Å²) in [5.74, 6) is 0. The van der Waals surface area contributed by atoms with Crippen LogP contribution in [0.5, 0.6) is 0 Å². The van der Waals surface area contributed by atoms with Gasteiger partial charge in [0.2, 0.25) is 0 Å². The van der Waals surface area contributed by atoms with Crippen molar-refractivity contribution in [3.63, 3.8) is 0 Å². The Kier molecular flexibility index (Phi) is 6.29. The maximum absolute atomic E-state index is 8.64. The van der Waals surface area contributed by atoms with Gasteiger partial charge < -0.3 is 15.6 Å². The Hall–Kier alpha value is -0.120. The van der Waals surface area contributed by atoms with E-state index < -0.39 is 0 Å². The molecular weight excluding hydrogens is 166 g/mol. The number of hydrogen-bond donors (Lipinski definition) is 2. The van der Waals surface area contributed by atoms with Crippen LogP contribution in [0.1, 0.15) is 33.6 Å². The molecule has 0 spiro atoms. The molecule has 3 N–H and O–H groups in total. The van der Waals surface area contributed by atoms with Gasteiger partial charge in [-0.15, -0.1) is 0 Å². The van der Waals surface area contributed by atoms with Gasteiger partial charge in [0.25, 0.3) is 0 Å². The first-order chi connectivity index (χ1) is 5.95. The van der Waals surface area contributed by atoms with Crippen molar-refractivity contribution in [1.29, 1.82) is 0 Å². The van der Waals surface area contributed by atoms with E-state index >= 15 is 0 Å². The predicted octanol–water partition coefficient (Wildman–Crippen LogP) is 1.15. The fourth-order valence-electron chi connectivity index (χ4n) is 0.806. The zero-order valence-corrected chi connectivity index (χ0v) is 9.05. The molecule has 0 fully saturated rings. The Morgan fingerprint density at radius 1 is 1.31 bits per heavy atom. The zero-order chi connectivity index (χ0) is 10.3. The lowest BCUT2D eigenvalue weighted by Crippen LogP contribution is -2.26. The quantitative estimate of drug-likeness (QED) is 0.616. The summed E-state index contributed by atoms with van der Waals surface area (Å²) >= 11 is 0. The number of ether oxygens (including phenoxy) is 1. The third kappa shape index (κ3) is 9.80. The zero-order valence-electron chi connectivity index (χ0n) is 9.05. The van der Waals surface area contributed by atoms with E-state index in [0.717, 1.165) is 19.4 Å². The summed E-state index contributed by atoms with van der Waals surface area (Å²) in [6.07, 6.45) is 1.79. The fourth-order valence-corrected chi connectivity index (χ4v) is 0.806. The van der Waals surface area contributed by atoms with Crippen LogP contribution in [0.2, 0.25) is 0 Å². The predicted molar refractivity (Wildman–Crippen MR) is 54.6 cm³/mol. The normalized spacial score (nSPS) is 14.5. The molecule has 0 saturated heterocycles. The average Bonchev–Trinajstić information content (AvgIpc) is 2.01. The van der Waals surface area contributed by atoms with Crippen LogP contribution < -0.4 is 5.73 Å². The Morgan fingerprint density at radius 2 is 1.92 bits per heavy atom. The highest BCUT2D eigenvalue weighted by Gasteiger charge is 2.09. The van der Waals surface area contributed by atoms with Crippen LogP contribution in [0, 0.1) is 5.41 Å². The lowest BCUT2D eigenvalue weighted by atomic mass is 9.93. The summed E-state index contributed by atoms with van der Waals surface area (Å²) in [5, 5.41) is 8.64. The van der Waals surface area contributed by atoms with Crippen LogP contribution in [-0.4, -0.2) is 31.0 Å². The van der Waals surface area contributed by atoms with Gasteiger partial charge in [-0.05, 0) is 18.3 Å².